The average molecular weight is 377 g/mol. The van der Waals surface area contributed by atoms with Gasteiger partial charge in [0.15, 0.2) is 0 Å². The van der Waals surface area contributed by atoms with Crippen LogP contribution in [0.5, 0.6) is 0 Å². The maximum atomic E-state index is 12.2. The summed E-state index contributed by atoms with van der Waals surface area (Å²) in [5.74, 6) is -0.114. The maximum absolute atomic E-state index is 12.2. The van der Waals surface area contributed by atoms with Gasteiger partial charge in [-0.1, -0.05) is 23.7 Å². The summed E-state index contributed by atoms with van der Waals surface area (Å²) in [5, 5.41) is 18.1. The summed E-state index contributed by atoms with van der Waals surface area (Å²) in [5.41, 5.74) is 1.41. The Hall–Kier alpha value is -2.94. The van der Waals surface area contributed by atoms with E-state index in [1.165, 1.54) is 4.80 Å². The number of tetrazole rings is 1. The molecule has 0 fully saturated rings. The fourth-order valence-electron chi connectivity index (χ4n) is 2.60. The molecule has 1 aliphatic heterocycles. The van der Waals surface area contributed by atoms with Crippen molar-refractivity contribution in [3.63, 3.8) is 0 Å². The van der Waals surface area contributed by atoms with Gasteiger partial charge in [0.1, 0.15) is 6.54 Å². The Morgan fingerprint density at radius 1 is 1.42 bits per heavy atom. The third kappa shape index (κ3) is 3.83. The molecule has 136 valence electrons. The highest BCUT2D eigenvalue weighted by atomic mass is 35.5. The van der Waals surface area contributed by atoms with Crippen molar-refractivity contribution >= 4 is 23.6 Å². The van der Waals surface area contributed by atoms with E-state index < -0.39 is 18.0 Å². The lowest BCUT2D eigenvalue weighted by Crippen LogP contribution is -2.50. The molecule has 0 bridgehead atoms. The second-order valence-corrected chi connectivity index (χ2v) is 6.02. The first-order valence-electron chi connectivity index (χ1n) is 7.99. The number of nitrogens with one attached hydrogen (secondary N) is 2. The number of benzene rings is 1. The van der Waals surface area contributed by atoms with Crippen molar-refractivity contribution in [3.05, 3.63) is 40.6 Å². The first kappa shape index (κ1) is 17.9. The lowest BCUT2D eigenvalue weighted by Gasteiger charge is -2.26. The number of rotatable bonds is 5. The minimum absolute atomic E-state index is 0.0689. The molecule has 2 heterocycles. The quantitative estimate of drug-likeness (QED) is 0.765. The molecule has 1 aromatic heterocycles. The molecule has 0 aliphatic carbocycles. The highest BCUT2D eigenvalue weighted by Crippen LogP contribution is 2.19. The van der Waals surface area contributed by atoms with Gasteiger partial charge in [-0.2, -0.15) is 4.80 Å². The van der Waals surface area contributed by atoms with Gasteiger partial charge in [-0.05, 0) is 31.2 Å². The second kappa shape index (κ2) is 7.52. The SMILES string of the molecule is CCOC(=O)C1=C(Cn2nnc(-c3cccc(Cl)c3)n2)NC(=O)NC1C. The number of urea groups is 1. The molecule has 1 aliphatic rings. The Bertz CT molecular complexity index is 878. The molecule has 1 unspecified atom stereocenters. The smallest absolute Gasteiger partial charge is 0.337 e. The first-order chi connectivity index (χ1) is 12.5. The average Bonchev–Trinajstić information content (AvgIpc) is 3.03. The Kier molecular flexibility index (Phi) is 5.17. The van der Waals surface area contributed by atoms with Gasteiger partial charge in [0.2, 0.25) is 5.82 Å². The monoisotopic (exact) mass is 376 g/mol. The molecule has 3 rings (SSSR count). The molecule has 0 saturated heterocycles. The zero-order valence-corrected chi connectivity index (χ0v) is 14.9. The minimum atomic E-state index is -0.502. The van der Waals surface area contributed by atoms with Crippen LogP contribution in [0.3, 0.4) is 0 Å². The van der Waals surface area contributed by atoms with Crippen molar-refractivity contribution in [2.75, 3.05) is 6.61 Å². The summed E-state index contributed by atoms with van der Waals surface area (Å²) in [6.45, 7) is 3.72. The molecule has 9 nitrogen and oxygen atoms in total. The van der Waals surface area contributed by atoms with Gasteiger partial charge < -0.3 is 15.4 Å². The van der Waals surface area contributed by atoms with Crippen LogP contribution in [0, 0.1) is 0 Å². The highest BCUT2D eigenvalue weighted by Gasteiger charge is 2.30. The van der Waals surface area contributed by atoms with Gasteiger partial charge >= 0.3 is 12.0 Å². The van der Waals surface area contributed by atoms with Gasteiger partial charge in [-0.15, -0.1) is 10.2 Å². The Morgan fingerprint density at radius 2 is 2.23 bits per heavy atom. The van der Waals surface area contributed by atoms with E-state index in [4.69, 9.17) is 16.3 Å². The summed E-state index contributed by atoms with van der Waals surface area (Å²) in [6.07, 6.45) is 0. The molecular formula is C16H17ClN6O3. The molecule has 0 saturated carbocycles. The van der Waals surface area contributed by atoms with E-state index in [9.17, 15) is 9.59 Å². The summed E-state index contributed by atoms with van der Waals surface area (Å²) >= 11 is 5.98. The van der Waals surface area contributed by atoms with Crippen LogP contribution in [0.15, 0.2) is 35.5 Å². The number of carbonyl (C=O) groups is 2. The lowest BCUT2D eigenvalue weighted by molar-refractivity contribution is -0.139. The molecule has 1 aromatic carbocycles. The topological polar surface area (TPSA) is 111 Å². The molecular weight excluding hydrogens is 360 g/mol. The predicted molar refractivity (Wildman–Crippen MR) is 93.1 cm³/mol. The Balaban J connectivity index is 1.89. The maximum Gasteiger partial charge on any atom is 0.337 e. The minimum Gasteiger partial charge on any atom is -0.463 e. The van der Waals surface area contributed by atoms with Crippen LogP contribution in [0.2, 0.25) is 5.02 Å². The van der Waals surface area contributed by atoms with Crippen LogP contribution in [0.25, 0.3) is 11.4 Å². The van der Waals surface area contributed by atoms with Crippen molar-refractivity contribution in [3.8, 4) is 11.4 Å². The number of hydrogen-bond donors (Lipinski definition) is 2. The second-order valence-electron chi connectivity index (χ2n) is 5.59. The fourth-order valence-corrected chi connectivity index (χ4v) is 2.79. The standard InChI is InChI=1S/C16H17ClN6O3/c1-3-26-15(24)13-9(2)18-16(25)19-12(13)8-23-21-14(20-22-23)10-5-4-6-11(17)7-10/h4-7,9H,3,8H2,1-2H3,(H2,18,19,25). The van der Waals surface area contributed by atoms with E-state index in [-0.39, 0.29) is 13.2 Å². The number of esters is 1. The number of aromatic nitrogens is 4. The van der Waals surface area contributed by atoms with E-state index in [2.05, 4.69) is 26.0 Å². The van der Waals surface area contributed by atoms with Crippen LogP contribution < -0.4 is 10.6 Å². The zero-order chi connectivity index (χ0) is 18.7. The van der Waals surface area contributed by atoms with Gasteiger partial charge in [-0.3, -0.25) is 0 Å². The van der Waals surface area contributed by atoms with Crippen molar-refractivity contribution in [2.24, 2.45) is 0 Å². The van der Waals surface area contributed by atoms with E-state index in [0.717, 1.165) is 0 Å². The van der Waals surface area contributed by atoms with Crippen molar-refractivity contribution in [1.82, 2.24) is 30.8 Å². The predicted octanol–water partition coefficient (Wildman–Crippen LogP) is 1.51. The van der Waals surface area contributed by atoms with Crippen molar-refractivity contribution < 1.29 is 14.3 Å². The molecule has 0 radical (unpaired) electrons. The molecule has 0 spiro atoms. The molecule has 2 N–H and O–H groups in total. The van der Waals surface area contributed by atoms with Gasteiger partial charge in [0.25, 0.3) is 0 Å². The summed E-state index contributed by atoms with van der Waals surface area (Å²) in [4.78, 5) is 25.3. The summed E-state index contributed by atoms with van der Waals surface area (Å²) < 4.78 is 5.07. The van der Waals surface area contributed by atoms with Crippen LogP contribution in [0.1, 0.15) is 13.8 Å². The van der Waals surface area contributed by atoms with E-state index >= 15 is 0 Å². The molecule has 2 aromatic rings. The number of allylic oxidation sites excluding steroid dienone is 1. The molecule has 1 atom stereocenters. The summed E-state index contributed by atoms with van der Waals surface area (Å²) in [6, 6.07) is 6.17. The number of nitrogens with zero attached hydrogens (tertiary/aromatic N) is 4. The molecule has 26 heavy (non-hydrogen) atoms. The highest BCUT2D eigenvalue weighted by molar-refractivity contribution is 6.30. The first-order valence-corrected chi connectivity index (χ1v) is 8.37. The van der Waals surface area contributed by atoms with Gasteiger partial charge in [0, 0.05) is 10.6 Å². The number of ether oxygens (including phenoxy) is 1. The van der Waals surface area contributed by atoms with Gasteiger partial charge in [-0.25, -0.2) is 9.59 Å². The Morgan fingerprint density at radius 3 is 2.96 bits per heavy atom. The summed E-state index contributed by atoms with van der Waals surface area (Å²) in [7, 11) is 0. The van der Waals surface area contributed by atoms with Crippen molar-refractivity contribution in [2.45, 2.75) is 26.4 Å². The van der Waals surface area contributed by atoms with Crippen LogP contribution in [-0.4, -0.2) is 44.9 Å². The van der Waals surface area contributed by atoms with E-state index in [0.29, 0.717) is 27.7 Å². The lowest BCUT2D eigenvalue weighted by atomic mass is 10.0. The normalized spacial score (nSPS) is 16.9. The number of amides is 2. The van der Waals surface area contributed by atoms with E-state index in [1.807, 2.05) is 6.07 Å². The third-order valence-electron chi connectivity index (χ3n) is 3.70. The van der Waals surface area contributed by atoms with Crippen molar-refractivity contribution in [1.29, 1.82) is 0 Å². The third-order valence-corrected chi connectivity index (χ3v) is 3.94. The van der Waals surface area contributed by atoms with Crippen LogP contribution in [-0.2, 0) is 16.1 Å². The van der Waals surface area contributed by atoms with E-state index in [1.54, 1.807) is 32.0 Å². The largest absolute Gasteiger partial charge is 0.463 e. The number of hydrogen-bond acceptors (Lipinski definition) is 6. The molecule has 2 amide bonds. The number of carbonyl (C=O) groups excluding carboxylic acids is 2. The van der Waals surface area contributed by atoms with Gasteiger partial charge in [0.05, 0.1) is 23.9 Å². The Labute approximate surface area is 154 Å². The molecule has 10 heteroatoms. The fraction of sp³-hybridized carbons (Fsp3) is 0.312. The van der Waals surface area contributed by atoms with Crippen LogP contribution >= 0.6 is 11.6 Å². The van der Waals surface area contributed by atoms with Crippen LogP contribution in [0.4, 0.5) is 4.79 Å². The zero-order valence-electron chi connectivity index (χ0n) is 14.2. The number of halogens is 1.